The predicted octanol–water partition coefficient (Wildman–Crippen LogP) is 3.14. The van der Waals surface area contributed by atoms with Crippen molar-refractivity contribution in [1.82, 2.24) is 15.0 Å². The van der Waals surface area contributed by atoms with Gasteiger partial charge in [-0.2, -0.15) is 0 Å². The molecule has 0 bridgehead atoms. The number of ether oxygens (including phenoxy) is 1. The van der Waals surface area contributed by atoms with Gasteiger partial charge in [0.2, 0.25) is 5.88 Å². The third-order valence-electron chi connectivity index (χ3n) is 4.54. The fourth-order valence-electron chi connectivity index (χ4n) is 3.28. The Labute approximate surface area is 141 Å². The number of aryl methyl sites for hydroxylation is 1. The van der Waals surface area contributed by atoms with Crippen LogP contribution in [0.1, 0.15) is 59.5 Å². The van der Waals surface area contributed by atoms with Crippen LogP contribution < -0.4 is 4.74 Å². The molecule has 24 heavy (non-hydrogen) atoms. The Morgan fingerprint density at radius 2 is 2.25 bits per heavy atom. The van der Waals surface area contributed by atoms with Crippen LogP contribution >= 0.6 is 0 Å². The van der Waals surface area contributed by atoms with Crippen molar-refractivity contribution in [3.63, 3.8) is 0 Å². The van der Waals surface area contributed by atoms with Gasteiger partial charge in [0.05, 0.1) is 12.8 Å². The SMILES string of the molecule is COc1ncccc1C1CCN(C(=O)c2c(C)noc2C(C)C)C1. The highest BCUT2D eigenvalue weighted by molar-refractivity contribution is 5.96. The number of nitrogens with zero attached hydrogens (tertiary/aromatic N) is 3. The third-order valence-corrected chi connectivity index (χ3v) is 4.54. The maximum absolute atomic E-state index is 13.0. The molecule has 0 spiro atoms. The van der Waals surface area contributed by atoms with Crippen LogP contribution in [0.3, 0.4) is 0 Å². The van der Waals surface area contributed by atoms with E-state index in [2.05, 4.69) is 10.1 Å². The summed E-state index contributed by atoms with van der Waals surface area (Å²) in [7, 11) is 1.62. The van der Waals surface area contributed by atoms with Gasteiger partial charge in [-0.25, -0.2) is 4.98 Å². The van der Waals surface area contributed by atoms with Crippen molar-refractivity contribution in [1.29, 1.82) is 0 Å². The molecule has 6 nitrogen and oxygen atoms in total. The van der Waals surface area contributed by atoms with Crippen molar-refractivity contribution < 1.29 is 14.1 Å². The number of aromatic nitrogens is 2. The van der Waals surface area contributed by atoms with Gasteiger partial charge in [-0.15, -0.1) is 0 Å². The predicted molar refractivity (Wildman–Crippen MR) is 89.4 cm³/mol. The average molecular weight is 329 g/mol. The summed E-state index contributed by atoms with van der Waals surface area (Å²) in [6.45, 7) is 7.20. The molecular formula is C18H23N3O3. The Morgan fingerprint density at radius 1 is 1.46 bits per heavy atom. The summed E-state index contributed by atoms with van der Waals surface area (Å²) in [5.74, 6) is 1.67. The van der Waals surface area contributed by atoms with E-state index in [9.17, 15) is 4.79 Å². The van der Waals surface area contributed by atoms with Crippen LogP contribution in [0.2, 0.25) is 0 Å². The molecule has 1 saturated heterocycles. The number of carbonyl (C=O) groups excluding carboxylic acids is 1. The van der Waals surface area contributed by atoms with E-state index in [1.165, 1.54) is 0 Å². The first kappa shape index (κ1) is 16.5. The second kappa shape index (κ2) is 6.63. The van der Waals surface area contributed by atoms with Gasteiger partial charge in [-0.3, -0.25) is 4.79 Å². The van der Waals surface area contributed by atoms with Gasteiger partial charge in [0.1, 0.15) is 5.56 Å². The van der Waals surface area contributed by atoms with E-state index in [-0.39, 0.29) is 17.7 Å². The minimum atomic E-state index is 0.00260. The second-order valence-electron chi connectivity index (χ2n) is 6.50. The first-order valence-electron chi connectivity index (χ1n) is 8.27. The minimum absolute atomic E-state index is 0.00260. The van der Waals surface area contributed by atoms with Crippen LogP contribution in [0.25, 0.3) is 0 Å². The van der Waals surface area contributed by atoms with Crippen LogP contribution in [-0.2, 0) is 0 Å². The lowest BCUT2D eigenvalue weighted by Crippen LogP contribution is -2.29. The Balaban J connectivity index is 1.81. The molecule has 6 heteroatoms. The molecule has 128 valence electrons. The highest BCUT2D eigenvalue weighted by atomic mass is 16.5. The lowest BCUT2D eigenvalue weighted by molar-refractivity contribution is 0.0787. The molecule has 1 aliphatic heterocycles. The topological polar surface area (TPSA) is 68.5 Å². The fraction of sp³-hybridized carbons (Fsp3) is 0.500. The molecule has 2 aromatic rings. The number of likely N-dealkylation sites (tertiary alicyclic amines) is 1. The zero-order valence-corrected chi connectivity index (χ0v) is 14.6. The largest absolute Gasteiger partial charge is 0.481 e. The second-order valence-corrected chi connectivity index (χ2v) is 6.50. The Bertz CT molecular complexity index is 739. The molecule has 1 aliphatic rings. The van der Waals surface area contributed by atoms with Crippen molar-refractivity contribution in [2.75, 3.05) is 20.2 Å². The number of carbonyl (C=O) groups is 1. The van der Waals surface area contributed by atoms with Crippen LogP contribution in [0.5, 0.6) is 5.88 Å². The van der Waals surface area contributed by atoms with E-state index in [4.69, 9.17) is 9.26 Å². The van der Waals surface area contributed by atoms with Crippen molar-refractivity contribution in [2.45, 2.75) is 39.0 Å². The van der Waals surface area contributed by atoms with Crippen LogP contribution in [0, 0.1) is 6.92 Å². The highest BCUT2D eigenvalue weighted by Crippen LogP contribution is 2.33. The maximum atomic E-state index is 13.0. The maximum Gasteiger partial charge on any atom is 0.259 e. The number of pyridine rings is 1. The first-order chi connectivity index (χ1) is 11.5. The molecule has 3 rings (SSSR count). The average Bonchev–Trinajstić information content (AvgIpc) is 3.21. The lowest BCUT2D eigenvalue weighted by Gasteiger charge is -2.18. The van der Waals surface area contributed by atoms with Gasteiger partial charge in [-0.05, 0) is 19.4 Å². The van der Waals surface area contributed by atoms with E-state index in [0.717, 1.165) is 12.0 Å². The summed E-state index contributed by atoms with van der Waals surface area (Å²) >= 11 is 0. The van der Waals surface area contributed by atoms with E-state index in [1.54, 1.807) is 13.3 Å². The molecule has 3 heterocycles. The van der Waals surface area contributed by atoms with Gasteiger partial charge < -0.3 is 14.2 Å². The summed E-state index contributed by atoms with van der Waals surface area (Å²) in [5.41, 5.74) is 2.33. The molecule has 1 atom stereocenters. The molecule has 0 N–H and O–H groups in total. The zero-order valence-electron chi connectivity index (χ0n) is 14.6. The third kappa shape index (κ3) is 2.88. The van der Waals surface area contributed by atoms with E-state index in [0.29, 0.717) is 36.0 Å². The number of hydrogen-bond donors (Lipinski definition) is 0. The standard InChI is InChI=1S/C18H23N3O3/c1-11(2)16-15(12(3)20-24-16)18(22)21-9-7-13(10-21)14-6-5-8-19-17(14)23-4/h5-6,8,11,13H,7,9-10H2,1-4H3. The molecule has 2 aromatic heterocycles. The summed E-state index contributed by atoms with van der Waals surface area (Å²) in [6, 6.07) is 3.93. The summed E-state index contributed by atoms with van der Waals surface area (Å²) in [6.07, 6.45) is 2.62. The van der Waals surface area contributed by atoms with Crippen LogP contribution in [0.4, 0.5) is 0 Å². The Kier molecular flexibility index (Phi) is 4.55. The normalized spacial score (nSPS) is 17.5. The van der Waals surface area contributed by atoms with Gasteiger partial charge in [0, 0.05) is 36.7 Å². The smallest absolute Gasteiger partial charge is 0.259 e. The van der Waals surface area contributed by atoms with Gasteiger partial charge in [0.25, 0.3) is 5.91 Å². The number of amides is 1. The molecule has 0 aliphatic carbocycles. The van der Waals surface area contributed by atoms with Gasteiger partial charge in [0.15, 0.2) is 5.76 Å². The monoisotopic (exact) mass is 329 g/mol. The molecule has 1 unspecified atom stereocenters. The summed E-state index contributed by atoms with van der Waals surface area (Å²) < 4.78 is 10.7. The molecule has 0 radical (unpaired) electrons. The van der Waals surface area contributed by atoms with Crippen LogP contribution in [0.15, 0.2) is 22.9 Å². The number of hydrogen-bond acceptors (Lipinski definition) is 5. The molecule has 0 aromatic carbocycles. The molecule has 0 saturated carbocycles. The van der Waals surface area contributed by atoms with Crippen molar-refractivity contribution in [3.05, 3.63) is 40.9 Å². The minimum Gasteiger partial charge on any atom is -0.481 e. The van der Waals surface area contributed by atoms with E-state index < -0.39 is 0 Å². The molecule has 1 fully saturated rings. The van der Waals surface area contributed by atoms with Crippen molar-refractivity contribution in [3.8, 4) is 5.88 Å². The Hall–Kier alpha value is -2.37. The van der Waals surface area contributed by atoms with Crippen molar-refractivity contribution >= 4 is 5.91 Å². The molecule has 1 amide bonds. The quantitative estimate of drug-likeness (QED) is 0.862. The van der Waals surface area contributed by atoms with Crippen LogP contribution in [-0.4, -0.2) is 41.1 Å². The van der Waals surface area contributed by atoms with Crippen molar-refractivity contribution in [2.24, 2.45) is 0 Å². The van der Waals surface area contributed by atoms with Gasteiger partial charge >= 0.3 is 0 Å². The summed E-state index contributed by atoms with van der Waals surface area (Å²) in [5, 5.41) is 3.98. The first-order valence-corrected chi connectivity index (χ1v) is 8.27. The zero-order chi connectivity index (χ0) is 17.3. The summed E-state index contributed by atoms with van der Waals surface area (Å²) in [4.78, 5) is 19.1. The lowest BCUT2D eigenvalue weighted by atomic mass is 9.99. The highest BCUT2D eigenvalue weighted by Gasteiger charge is 2.33. The van der Waals surface area contributed by atoms with E-state index in [1.807, 2.05) is 37.8 Å². The van der Waals surface area contributed by atoms with Gasteiger partial charge in [-0.1, -0.05) is 25.1 Å². The molecular weight excluding hydrogens is 306 g/mol. The number of rotatable bonds is 4. The number of methoxy groups -OCH3 is 1. The Morgan fingerprint density at radius 3 is 2.96 bits per heavy atom. The van der Waals surface area contributed by atoms with E-state index >= 15 is 0 Å². The fourth-order valence-corrected chi connectivity index (χ4v) is 3.28.